The number of nitrogens with one attached hydrogen (secondary N) is 2. The smallest absolute Gasteiger partial charge is 0.190 e. The molecule has 0 aliphatic carbocycles. The number of hydrogen-bond acceptors (Lipinski definition) is 2. The van der Waals surface area contributed by atoms with Gasteiger partial charge in [0, 0.05) is 20.1 Å². The normalized spacial score (nSPS) is 11.5. The molecule has 0 aliphatic rings. The van der Waals surface area contributed by atoms with Crippen molar-refractivity contribution in [1.82, 2.24) is 10.6 Å². The number of hydrogen-bond donors (Lipinski definition) is 2. The highest BCUT2D eigenvalue weighted by molar-refractivity contribution is 5.79. The maximum absolute atomic E-state index is 5.62. The van der Waals surface area contributed by atoms with Crippen molar-refractivity contribution in [2.45, 2.75) is 20.3 Å². The molecule has 0 radical (unpaired) electrons. The molecule has 0 heterocycles. The molecule has 2 N–H and O–H groups in total. The van der Waals surface area contributed by atoms with Gasteiger partial charge in [-0.15, -0.1) is 0 Å². The molecule has 0 unspecified atom stereocenters. The van der Waals surface area contributed by atoms with Crippen LogP contribution in [-0.4, -0.2) is 32.7 Å². The summed E-state index contributed by atoms with van der Waals surface area (Å²) >= 11 is 0. The van der Waals surface area contributed by atoms with E-state index in [2.05, 4.69) is 29.5 Å². The zero-order valence-electron chi connectivity index (χ0n) is 12.1. The fourth-order valence-electron chi connectivity index (χ4n) is 1.51. The van der Waals surface area contributed by atoms with E-state index in [0.29, 0.717) is 12.5 Å². The van der Waals surface area contributed by atoms with Gasteiger partial charge in [-0.2, -0.15) is 0 Å². The molecule has 106 valence electrons. The number of para-hydroxylation sites is 1. The Hall–Kier alpha value is -1.71. The summed E-state index contributed by atoms with van der Waals surface area (Å²) in [5.74, 6) is 2.39. The van der Waals surface area contributed by atoms with Crippen LogP contribution in [0.25, 0.3) is 0 Å². The van der Waals surface area contributed by atoms with Crippen molar-refractivity contribution >= 4 is 5.96 Å². The second-order valence-electron chi connectivity index (χ2n) is 4.79. The molecular weight excluding hydrogens is 238 g/mol. The first-order chi connectivity index (χ1) is 9.22. The minimum atomic E-state index is 0.611. The molecule has 0 saturated heterocycles. The number of ether oxygens (including phenoxy) is 1. The minimum absolute atomic E-state index is 0.611. The van der Waals surface area contributed by atoms with Crippen LogP contribution < -0.4 is 15.4 Å². The molecule has 0 fully saturated rings. The van der Waals surface area contributed by atoms with Crippen LogP contribution in [0.4, 0.5) is 0 Å². The molecule has 0 amide bonds. The predicted octanol–water partition coefficient (Wildman–Crippen LogP) is 2.28. The Morgan fingerprint density at radius 3 is 2.58 bits per heavy atom. The monoisotopic (exact) mass is 263 g/mol. The molecule has 19 heavy (non-hydrogen) atoms. The molecule has 1 aromatic carbocycles. The number of nitrogens with zero attached hydrogens (tertiary/aromatic N) is 1. The summed E-state index contributed by atoms with van der Waals surface area (Å²) in [7, 11) is 1.79. The fraction of sp³-hybridized carbons (Fsp3) is 0.533. The molecule has 4 heteroatoms. The van der Waals surface area contributed by atoms with Crippen molar-refractivity contribution in [3.63, 3.8) is 0 Å². The van der Waals surface area contributed by atoms with Gasteiger partial charge in [0.25, 0.3) is 0 Å². The lowest BCUT2D eigenvalue weighted by Crippen LogP contribution is -2.39. The van der Waals surface area contributed by atoms with Gasteiger partial charge in [0.05, 0.1) is 6.61 Å². The maximum Gasteiger partial charge on any atom is 0.190 e. The quantitative estimate of drug-likeness (QED) is 0.451. The Morgan fingerprint density at radius 2 is 1.95 bits per heavy atom. The molecule has 0 saturated carbocycles. The van der Waals surface area contributed by atoms with Crippen LogP contribution in [-0.2, 0) is 0 Å². The van der Waals surface area contributed by atoms with E-state index in [9.17, 15) is 0 Å². The molecule has 4 nitrogen and oxygen atoms in total. The molecule has 1 aromatic rings. The van der Waals surface area contributed by atoms with E-state index >= 15 is 0 Å². The van der Waals surface area contributed by atoms with Crippen LogP contribution in [0.1, 0.15) is 20.3 Å². The summed E-state index contributed by atoms with van der Waals surface area (Å²) in [5, 5.41) is 6.55. The van der Waals surface area contributed by atoms with Gasteiger partial charge in [0.15, 0.2) is 5.96 Å². The largest absolute Gasteiger partial charge is 0.494 e. The van der Waals surface area contributed by atoms with Gasteiger partial charge in [0.1, 0.15) is 5.75 Å². The lowest BCUT2D eigenvalue weighted by atomic mass is 10.2. The molecule has 0 bridgehead atoms. The summed E-state index contributed by atoms with van der Waals surface area (Å²) in [5.41, 5.74) is 0. The van der Waals surface area contributed by atoms with Crippen LogP contribution in [0.2, 0.25) is 0 Å². The van der Waals surface area contributed by atoms with Crippen molar-refractivity contribution in [1.29, 1.82) is 0 Å². The first kappa shape index (κ1) is 15.3. The molecule has 0 aromatic heterocycles. The Balaban J connectivity index is 2.09. The Labute approximate surface area is 116 Å². The van der Waals surface area contributed by atoms with Crippen LogP contribution in [0.15, 0.2) is 35.3 Å². The first-order valence-electron chi connectivity index (χ1n) is 6.84. The van der Waals surface area contributed by atoms with E-state index in [0.717, 1.165) is 31.2 Å². The van der Waals surface area contributed by atoms with Crippen LogP contribution in [0.3, 0.4) is 0 Å². The highest BCUT2D eigenvalue weighted by Gasteiger charge is 1.98. The molecular formula is C15H25N3O. The van der Waals surface area contributed by atoms with E-state index in [1.165, 1.54) is 0 Å². The summed E-state index contributed by atoms with van der Waals surface area (Å²) in [6.07, 6.45) is 0.942. The number of aliphatic imine (C=N–C) groups is 1. The maximum atomic E-state index is 5.62. The summed E-state index contributed by atoms with van der Waals surface area (Å²) in [6, 6.07) is 9.88. The molecule has 0 spiro atoms. The standard InChI is InChI=1S/C15H25N3O/c1-13(2)12-18-15(16-3)17-10-7-11-19-14-8-5-4-6-9-14/h4-6,8-9,13H,7,10-12H2,1-3H3,(H2,16,17,18). The average Bonchev–Trinajstić information content (AvgIpc) is 2.42. The van der Waals surface area contributed by atoms with Crippen molar-refractivity contribution in [2.75, 3.05) is 26.7 Å². The van der Waals surface area contributed by atoms with Gasteiger partial charge in [-0.25, -0.2) is 0 Å². The molecule has 0 atom stereocenters. The second kappa shape index (κ2) is 9.25. The Kier molecular flexibility index (Phi) is 7.47. The van der Waals surface area contributed by atoms with Gasteiger partial charge in [-0.1, -0.05) is 32.0 Å². The van der Waals surface area contributed by atoms with Crippen molar-refractivity contribution in [2.24, 2.45) is 10.9 Å². The second-order valence-corrected chi connectivity index (χ2v) is 4.79. The first-order valence-corrected chi connectivity index (χ1v) is 6.84. The average molecular weight is 263 g/mol. The van der Waals surface area contributed by atoms with E-state index < -0.39 is 0 Å². The predicted molar refractivity (Wildman–Crippen MR) is 80.8 cm³/mol. The van der Waals surface area contributed by atoms with E-state index in [4.69, 9.17) is 4.74 Å². The Bertz CT molecular complexity index is 363. The van der Waals surface area contributed by atoms with Crippen LogP contribution >= 0.6 is 0 Å². The summed E-state index contributed by atoms with van der Waals surface area (Å²) in [4.78, 5) is 4.17. The van der Waals surface area contributed by atoms with Crippen molar-refractivity contribution < 1.29 is 4.74 Å². The van der Waals surface area contributed by atoms with Crippen LogP contribution in [0.5, 0.6) is 5.75 Å². The van der Waals surface area contributed by atoms with Gasteiger partial charge >= 0.3 is 0 Å². The van der Waals surface area contributed by atoms with Crippen molar-refractivity contribution in [3.05, 3.63) is 30.3 Å². The molecule has 0 aliphatic heterocycles. The molecule has 1 rings (SSSR count). The number of benzene rings is 1. The van der Waals surface area contributed by atoms with Crippen molar-refractivity contribution in [3.8, 4) is 5.75 Å². The van der Waals surface area contributed by atoms with E-state index in [-0.39, 0.29) is 0 Å². The summed E-state index contributed by atoms with van der Waals surface area (Å²) < 4.78 is 5.62. The summed E-state index contributed by atoms with van der Waals surface area (Å²) in [6.45, 7) is 6.84. The van der Waals surface area contributed by atoms with E-state index in [1.54, 1.807) is 7.05 Å². The number of rotatable bonds is 7. The van der Waals surface area contributed by atoms with Crippen LogP contribution in [0, 0.1) is 5.92 Å². The highest BCUT2D eigenvalue weighted by atomic mass is 16.5. The fourth-order valence-corrected chi connectivity index (χ4v) is 1.51. The van der Waals surface area contributed by atoms with Gasteiger partial charge in [-0.05, 0) is 24.5 Å². The third kappa shape index (κ3) is 7.34. The lowest BCUT2D eigenvalue weighted by Gasteiger charge is -2.13. The zero-order valence-corrected chi connectivity index (χ0v) is 12.1. The Morgan fingerprint density at radius 1 is 1.21 bits per heavy atom. The highest BCUT2D eigenvalue weighted by Crippen LogP contribution is 2.07. The lowest BCUT2D eigenvalue weighted by molar-refractivity contribution is 0.311. The topological polar surface area (TPSA) is 45.7 Å². The van der Waals surface area contributed by atoms with E-state index in [1.807, 2.05) is 30.3 Å². The van der Waals surface area contributed by atoms with Gasteiger partial charge in [-0.3, -0.25) is 4.99 Å². The van der Waals surface area contributed by atoms with Gasteiger partial charge < -0.3 is 15.4 Å². The third-order valence-electron chi connectivity index (χ3n) is 2.53. The third-order valence-corrected chi connectivity index (χ3v) is 2.53. The zero-order chi connectivity index (χ0) is 13.9. The van der Waals surface area contributed by atoms with Gasteiger partial charge in [0.2, 0.25) is 0 Å². The number of guanidine groups is 1. The minimum Gasteiger partial charge on any atom is -0.494 e. The SMILES string of the molecule is CN=C(NCCCOc1ccccc1)NCC(C)C.